The van der Waals surface area contributed by atoms with Gasteiger partial charge in [0.25, 0.3) is 5.56 Å². The molecule has 1 amide bonds. The quantitative estimate of drug-likeness (QED) is 0.389. The Hall–Kier alpha value is -4.59. The van der Waals surface area contributed by atoms with Crippen molar-refractivity contribution >= 4 is 16.9 Å². The van der Waals surface area contributed by atoms with E-state index in [9.17, 15) is 9.59 Å². The second-order valence-electron chi connectivity index (χ2n) is 7.79. The third-order valence-electron chi connectivity index (χ3n) is 5.33. The molecule has 0 aliphatic carbocycles. The van der Waals surface area contributed by atoms with Crippen LogP contribution in [-0.2, 0) is 6.42 Å². The lowest BCUT2D eigenvalue weighted by Crippen LogP contribution is -2.11. The van der Waals surface area contributed by atoms with Gasteiger partial charge in [0, 0.05) is 23.2 Å². The van der Waals surface area contributed by atoms with Crippen molar-refractivity contribution in [2.75, 3.05) is 0 Å². The van der Waals surface area contributed by atoms with E-state index in [1.807, 2.05) is 49.4 Å². The lowest BCUT2D eigenvalue weighted by molar-refractivity contribution is 0.1000. The number of benzene rings is 2. The molecule has 0 unspecified atom stereocenters. The van der Waals surface area contributed by atoms with Crippen molar-refractivity contribution in [3.05, 3.63) is 99.9 Å². The molecule has 0 bridgehead atoms. The van der Waals surface area contributed by atoms with Crippen molar-refractivity contribution in [3.8, 4) is 22.6 Å². The number of aromatic nitrogens is 5. The zero-order chi connectivity index (χ0) is 22.9. The number of fused-ring (bicyclic) bond motifs is 1. The Balaban J connectivity index is 1.63. The standard InChI is InChI=1S/C25H20N6O2/c1-14-4-2-7-19(28-14)24-23(16-8-9-18-20(12-16)29-22(32)13-27-18)30-21(31-24)11-15-5-3-6-17(10-15)25(26)33/h2-10,12-13H,11H2,1H3,(H2,26,33)(H,29,32)(H,30,31). The molecule has 162 valence electrons. The molecule has 0 aliphatic rings. The molecule has 0 saturated carbocycles. The highest BCUT2D eigenvalue weighted by Gasteiger charge is 2.17. The first kappa shape index (κ1) is 20.3. The summed E-state index contributed by atoms with van der Waals surface area (Å²) >= 11 is 0. The van der Waals surface area contributed by atoms with Crippen LogP contribution in [0.2, 0.25) is 0 Å². The maximum absolute atomic E-state index is 11.8. The summed E-state index contributed by atoms with van der Waals surface area (Å²) in [7, 11) is 0. The number of aromatic amines is 2. The minimum atomic E-state index is -0.472. The molecule has 4 N–H and O–H groups in total. The predicted molar refractivity (Wildman–Crippen MR) is 126 cm³/mol. The van der Waals surface area contributed by atoms with Gasteiger partial charge in [0.05, 0.1) is 34.3 Å². The zero-order valence-electron chi connectivity index (χ0n) is 17.8. The first-order chi connectivity index (χ1) is 16.0. The van der Waals surface area contributed by atoms with Crippen LogP contribution < -0.4 is 11.3 Å². The van der Waals surface area contributed by atoms with E-state index in [2.05, 4.69) is 19.9 Å². The Labute approximate surface area is 188 Å². The number of nitrogens with one attached hydrogen (secondary N) is 2. The lowest BCUT2D eigenvalue weighted by Gasteiger charge is -2.05. The van der Waals surface area contributed by atoms with E-state index in [0.29, 0.717) is 34.5 Å². The molecular formula is C25H20N6O2. The van der Waals surface area contributed by atoms with E-state index in [1.54, 1.807) is 18.2 Å². The first-order valence-corrected chi connectivity index (χ1v) is 10.4. The predicted octanol–water partition coefficient (Wildman–Crippen LogP) is 3.37. The van der Waals surface area contributed by atoms with Gasteiger partial charge in [0.1, 0.15) is 5.82 Å². The van der Waals surface area contributed by atoms with Gasteiger partial charge in [-0.05, 0) is 48.9 Å². The van der Waals surface area contributed by atoms with Gasteiger partial charge in [-0.3, -0.25) is 14.6 Å². The highest BCUT2D eigenvalue weighted by atomic mass is 16.1. The van der Waals surface area contributed by atoms with Crippen molar-refractivity contribution in [1.29, 1.82) is 0 Å². The summed E-state index contributed by atoms with van der Waals surface area (Å²) in [6, 6.07) is 18.6. The molecule has 3 aromatic heterocycles. The second-order valence-corrected chi connectivity index (χ2v) is 7.79. The van der Waals surface area contributed by atoms with Crippen LogP contribution in [0.15, 0.2) is 71.7 Å². The highest BCUT2D eigenvalue weighted by molar-refractivity contribution is 5.93. The van der Waals surface area contributed by atoms with Crippen LogP contribution in [0.3, 0.4) is 0 Å². The fourth-order valence-corrected chi connectivity index (χ4v) is 3.80. The van der Waals surface area contributed by atoms with E-state index in [0.717, 1.165) is 28.2 Å². The molecule has 5 rings (SSSR count). The number of amides is 1. The fourth-order valence-electron chi connectivity index (χ4n) is 3.80. The minimum Gasteiger partial charge on any atom is -0.366 e. The van der Waals surface area contributed by atoms with Crippen molar-refractivity contribution in [2.24, 2.45) is 5.73 Å². The lowest BCUT2D eigenvalue weighted by atomic mass is 10.1. The monoisotopic (exact) mass is 436 g/mol. The summed E-state index contributed by atoms with van der Waals surface area (Å²) in [5, 5.41) is 0. The van der Waals surface area contributed by atoms with Crippen LogP contribution in [0.1, 0.15) is 27.4 Å². The Bertz CT molecular complexity index is 1570. The van der Waals surface area contributed by atoms with Gasteiger partial charge in [0.15, 0.2) is 0 Å². The number of H-pyrrole nitrogens is 2. The minimum absolute atomic E-state index is 0.266. The van der Waals surface area contributed by atoms with Gasteiger partial charge >= 0.3 is 0 Å². The molecule has 0 atom stereocenters. The number of hydrogen-bond acceptors (Lipinski definition) is 5. The largest absolute Gasteiger partial charge is 0.366 e. The van der Waals surface area contributed by atoms with Crippen molar-refractivity contribution < 1.29 is 4.79 Å². The molecular weight excluding hydrogens is 416 g/mol. The molecule has 8 nitrogen and oxygen atoms in total. The van der Waals surface area contributed by atoms with Gasteiger partial charge in [-0.2, -0.15) is 0 Å². The molecule has 0 aliphatic heterocycles. The Morgan fingerprint density at radius 3 is 2.67 bits per heavy atom. The third kappa shape index (κ3) is 4.14. The van der Waals surface area contributed by atoms with E-state index >= 15 is 0 Å². The molecule has 5 aromatic rings. The van der Waals surface area contributed by atoms with Crippen LogP contribution in [0.5, 0.6) is 0 Å². The van der Waals surface area contributed by atoms with Gasteiger partial charge in [-0.1, -0.05) is 24.3 Å². The van der Waals surface area contributed by atoms with Crippen molar-refractivity contribution in [1.82, 2.24) is 24.9 Å². The smallest absolute Gasteiger partial charge is 0.266 e. The number of carbonyl (C=O) groups is 1. The fraction of sp³-hybridized carbons (Fsp3) is 0.0800. The summed E-state index contributed by atoms with van der Waals surface area (Å²) < 4.78 is 0. The molecule has 8 heteroatoms. The van der Waals surface area contributed by atoms with Gasteiger partial charge in [-0.25, -0.2) is 9.97 Å². The average molecular weight is 436 g/mol. The third-order valence-corrected chi connectivity index (χ3v) is 5.33. The average Bonchev–Trinajstić information content (AvgIpc) is 3.22. The summed E-state index contributed by atoms with van der Waals surface area (Å²) in [6.45, 7) is 1.93. The van der Waals surface area contributed by atoms with Crippen LogP contribution in [0, 0.1) is 6.92 Å². The number of primary amides is 1. The van der Waals surface area contributed by atoms with Crippen molar-refractivity contribution in [3.63, 3.8) is 0 Å². The first-order valence-electron chi connectivity index (χ1n) is 10.4. The van der Waals surface area contributed by atoms with E-state index < -0.39 is 5.91 Å². The SMILES string of the molecule is Cc1cccc(-c2[nH]c(Cc3cccc(C(N)=O)c3)nc2-c2ccc3ncc(=O)[nH]c3c2)n1. The maximum Gasteiger partial charge on any atom is 0.266 e. The van der Waals surface area contributed by atoms with Gasteiger partial charge < -0.3 is 15.7 Å². The maximum atomic E-state index is 11.8. The van der Waals surface area contributed by atoms with Crippen LogP contribution in [-0.4, -0.2) is 30.8 Å². The molecule has 33 heavy (non-hydrogen) atoms. The van der Waals surface area contributed by atoms with E-state index in [-0.39, 0.29) is 5.56 Å². The number of pyridine rings is 1. The normalized spacial score (nSPS) is 11.1. The molecule has 0 radical (unpaired) electrons. The highest BCUT2D eigenvalue weighted by Crippen LogP contribution is 2.31. The summed E-state index contributed by atoms with van der Waals surface area (Å²) in [4.78, 5) is 43.2. The number of carbonyl (C=O) groups excluding carboxylic acids is 1. The van der Waals surface area contributed by atoms with E-state index in [4.69, 9.17) is 10.7 Å². The number of imidazole rings is 1. The number of hydrogen-bond donors (Lipinski definition) is 3. The van der Waals surface area contributed by atoms with Crippen LogP contribution >= 0.6 is 0 Å². The summed E-state index contributed by atoms with van der Waals surface area (Å²) in [6.07, 6.45) is 1.74. The van der Waals surface area contributed by atoms with Gasteiger partial charge in [-0.15, -0.1) is 0 Å². The Morgan fingerprint density at radius 2 is 1.85 bits per heavy atom. The van der Waals surface area contributed by atoms with Crippen LogP contribution in [0.4, 0.5) is 0 Å². The summed E-state index contributed by atoms with van der Waals surface area (Å²) in [5.74, 6) is 0.241. The molecule has 2 aromatic carbocycles. The number of aryl methyl sites for hydroxylation is 1. The second kappa shape index (κ2) is 8.16. The van der Waals surface area contributed by atoms with Gasteiger partial charge in [0.2, 0.25) is 5.91 Å². The number of rotatable bonds is 5. The topological polar surface area (TPSA) is 130 Å². The molecule has 0 fully saturated rings. The van der Waals surface area contributed by atoms with Crippen LogP contribution in [0.25, 0.3) is 33.7 Å². The number of nitrogens with two attached hydrogens (primary N) is 1. The van der Waals surface area contributed by atoms with Crippen molar-refractivity contribution in [2.45, 2.75) is 13.3 Å². The Kier molecular flexibility index (Phi) is 5.02. The molecule has 3 heterocycles. The number of nitrogens with zero attached hydrogens (tertiary/aromatic N) is 3. The Morgan fingerprint density at radius 1 is 1.00 bits per heavy atom. The van der Waals surface area contributed by atoms with E-state index in [1.165, 1.54) is 6.20 Å². The molecule has 0 saturated heterocycles. The zero-order valence-corrected chi connectivity index (χ0v) is 17.8. The molecule has 0 spiro atoms. The summed E-state index contributed by atoms with van der Waals surface area (Å²) in [5.41, 5.74) is 11.8.